The predicted molar refractivity (Wildman–Crippen MR) is 93.2 cm³/mol. The summed E-state index contributed by atoms with van der Waals surface area (Å²) in [5.41, 5.74) is -1.43. The Morgan fingerprint density at radius 2 is 2.04 bits per heavy atom. The van der Waals surface area contributed by atoms with Crippen LogP contribution in [0.5, 0.6) is 0 Å². The minimum Gasteiger partial charge on any atom is -0.472 e. The molecular weight excluding hydrogens is 352 g/mol. The minimum absolute atomic E-state index is 0.277. The maximum absolute atomic E-state index is 13.2. The fourth-order valence-electron chi connectivity index (χ4n) is 5.88. The van der Waals surface area contributed by atoms with E-state index in [9.17, 15) is 25.2 Å². The van der Waals surface area contributed by atoms with E-state index < -0.39 is 59.7 Å². The topological polar surface area (TPSA) is 120 Å². The highest BCUT2D eigenvalue weighted by molar-refractivity contribution is 5.81. The van der Waals surface area contributed by atoms with Crippen molar-refractivity contribution in [3.05, 3.63) is 36.3 Å². The van der Waals surface area contributed by atoms with Crippen molar-refractivity contribution in [3.63, 3.8) is 0 Å². The standard InChI is InChI=1S/C20H26O7/c1-10-13(22)3-4-15-19(11(2)16(23)17(24)20(10,15)9-21)7-14(27-18(19)25)12-5-6-26-8-12/h5-6,8,11,13-17,21-24H,1,3-4,7,9H2,2H3. The summed E-state index contributed by atoms with van der Waals surface area (Å²) in [4.78, 5) is 13.2. The van der Waals surface area contributed by atoms with Gasteiger partial charge in [0, 0.05) is 23.3 Å². The second-order valence-electron chi connectivity index (χ2n) is 8.29. The smallest absolute Gasteiger partial charge is 0.313 e. The van der Waals surface area contributed by atoms with Gasteiger partial charge >= 0.3 is 5.97 Å². The van der Waals surface area contributed by atoms with E-state index in [-0.39, 0.29) is 5.57 Å². The molecule has 2 saturated carbocycles. The molecule has 8 atom stereocenters. The molecule has 0 aromatic carbocycles. The van der Waals surface area contributed by atoms with Gasteiger partial charge in [0.05, 0.1) is 42.9 Å². The van der Waals surface area contributed by atoms with E-state index in [1.165, 1.54) is 12.5 Å². The molecule has 2 aliphatic carbocycles. The first-order valence-corrected chi connectivity index (χ1v) is 9.38. The zero-order chi connectivity index (χ0) is 19.6. The molecule has 148 valence electrons. The first kappa shape index (κ1) is 18.7. The summed E-state index contributed by atoms with van der Waals surface area (Å²) in [5.74, 6) is -1.52. The van der Waals surface area contributed by atoms with Gasteiger partial charge in [0.2, 0.25) is 0 Å². The molecule has 3 fully saturated rings. The first-order chi connectivity index (χ1) is 12.8. The molecule has 2 heterocycles. The lowest BCUT2D eigenvalue weighted by molar-refractivity contribution is -0.220. The molecule has 7 heteroatoms. The van der Waals surface area contributed by atoms with Crippen molar-refractivity contribution in [1.29, 1.82) is 0 Å². The van der Waals surface area contributed by atoms with Crippen LogP contribution in [0.1, 0.15) is 37.9 Å². The minimum atomic E-state index is -1.35. The molecule has 27 heavy (non-hydrogen) atoms. The first-order valence-electron chi connectivity index (χ1n) is 9.38. The highest BCUT2D eigenvalue weighted by Gasteiger charge is 2.71. The molecule has 0 radical (unpaired) electrons. The number of hydrogen-bond donors (Lipinski definition) is 4. The van der Waals surface area contributed by atoms with Crippen LogP contribution in [-0.2, 0) is 9.53 Å². The third kappa shape index (κ3) is 2.20. The van der Waals surface area contributed by atoms with Crippen LogP contribution in [0.4, 0.5) is 0 Å². The van der Waals surface area contributed by atoms with E-state index >= 15 is 0 Å². The molecule has 4 N–H and O–H groups in total. The third-order valence-electron chi connectivity index (χ3n) is 7.48. The number of furan rings is 1. The Kier molecular flexibility index (Phi) is 4.27. The summed E-state index contributed by atoms with van der Waals surface area (Å²) in [6.45, 7) is 5.16. The van der Waals surface area contributed by atoms with Crippen LogP contribution in [0, 0.1) is 22.7 Å². The van der Waals surface area contributed by atoms with E-state index in [0.29, 0.717) is 19.3 Å². The Morgan fingerprint density at radius 3 is 2.67 bits per heavy atom. The van der Waals surface area contributed by atoms with E-state index in [1.807, 2.05) is 0 Å². The van der Waals surface area contributed by atoms with Crippen LogP contribution < -0.4 is 0 Å². The summed E-state index contributed by atoms with van der Waals surface area (Å²) in [5, 5.41) is 42.4. The maximum atomic E-state index is 13.2. The zero-order valence-corrected chi connectivity index (χ0v) is 15.2. The number of hydrogen-bond acceptors (Lipinski definition) is 7. The SMILES string of the molecule is C=C1C(O)CCC2C3(CC(c4ccoc4)OC3=O)C(C)C(O)C(O)C12CO. The van der Waals surface area contributed by atoms with E-state index in [4.69, 9.17) is 9.15 Å². The largest absolute Gasteiger partial charge is 0.472 e. The molecule has 7 nitrogen and oxygen atoms in total. The molecule has 1 aromatic heterocycles. The van der Waals surface area contributed by atoms with Crippen molar-refractivity contribution in [3.8, 4) is 0 Å². The molecule has 4 rings (SSSR count). The van der Waals surface area contributed by atoms with Crippen molar-refractivity contribution in [2.75, 3.05) is 6.61 Å². The average Bonchev–Trinajstić information content (AvgIpc) is 3.30. The van der Waals surface area contributed by atoms with Crippen LogP contribution >= 0.6 is 0 Å². The average molecular weight is 378 g/mol. The number of ether oxygens (including phenoxy) is 1. The molecular formula is C20H26O7. The number of rotatable bonds is 2. The summed E-state index contributed by atoms with van der Waals surface area (Å²) >= 11 is 0. The van der Waals surface area contributed by atoms with Gasteiger partial charge < -0.3 is 29.6 Å². The van der Waals surface area contributed by atoms with Crippen LogP contribution in [0.2, 0.25) is 0 Å². The second kappa shape index (κ2) is 6.17. The predicted octanol–water partition coefficient (Wildman–Crippen LogP) is 0.931. The monoisotopic (exact) mass is 378 g/mol. The van der Waals surface area contributed by atoms with Crippen LogP contribution in [0.15, 0.2) is 35.2 Å². The summed E-state index contributed by atoms with van der Waals surface area (Å²) < 4.78 is 10.8. The molecule has 0 amide bonds. The van der Waals surface area contributed by atoms with E-state index in [0.717, 1.165) is 5.56 Å². The number of carbonyl (C=O) groups is 1. The normalized spacial score (nSPS) is 47.1. The molecule has 1 aromatic rings. The van der Waals surface area contributed by atoms with Crippen molar-refractivity contribution >= 4 is 5.97 Å². The Balaban J connectivity index is 1.84. The van der Waals surface area contributed by atoms with Crippen LogP contribution in [0.3, 0.4) is 0 Å². The Labute approximate surface area is 157 Å². The van der Waals surface area contributed by atoms with Crippen LogP contribution in [0.25, 0.3) is 0 Å². The van der Waals surface area contributed by atoms with Gasteiger partial charge in [-0.05, 0) is 30.4 Å². The lowest BCUT2D eigenvalue weighted by Gasteiger charge is -2.61. The maximum Gasteiger partial charge on any atom is 0.313 e. The van der Waals surface area contributed by atoms with Gasteiger partial charge in [-0.1, -0.05) is 13.5 Å². The fraction of sp³-hybridized carbons (Fsp3) is 0.650. The highest BCUT2D eigenvalue weighted by atomic mass is 16.6. The highest BCUT2D eigenvalue weighted by Crippen LogP contribution is 2.66. The molecule has 8 unspecified atom stereocenters. The Morgan fingerprint density at radius 1 is 1.30 bits per heavy atom. The molecule has 0 bridgehead atoms. The number of carbonyl (C=O) groups excluding carboxylic acids is 1. The van der Waals surface area contributed by atoms with Crippen molar-refractivity contribution in [2.45, 2.75) is 50.6 Å². The van der Waals surface area contributed by atoms with Gasteiger partial charge in [-0.2, -0.15) is 0 Å². The van der Waals surface area contributed by atoms with Gasteiger partial charge in [0.25, 0.3) is 0 Å². The lowest BCUT2D eigenvalue weighted by Crippen LogP contribution is -2.68. The van der Waals surface area contributed by atoms with Gasteiger partial charge in [0.1, 0.15) is 6.10 Å². The summed E-state index contributed by atoms with van der Waals surface area (Å²) in [6.07, 6.45) is 0.148. The number of aliphatic hydroxyl groups excluding tert-OH is 4. The van der Waals surface area contributed by atoms with Crippen molar-refractivity contribution in [2.24, 2.45) is 22.7 Å². The second-order valence-corrected chi connectivity index (χ2v) is 8.29. The number of fused-ring (bicyclic) bond motifs is 2. The third-order valence-corrected chi connectivity index (χ3v) is 7.48. The fourth-order valence-corrected chi connectivity index (χ4v) is 5.88. The zero-order valence-electron chi connectivity index (χ0n) is 15.2. The van der Waals surface area contributed by atoms with Gasteiger partial charge in [-0.3, -0.25) is 4.79 Å². The van der Waals surface area contributed by atoms with Crippen molar-refractivity contribution < 1.29 is 34.4 Å². The number of esters is 1. The molecule has 1 spiro atoms. The lowest BCUT2D eigenvalue weighted by atomic mass is 9.43. The number of cyclic esters (lactones) is 1. The summed E-state index contributed by atoms with van der Waals surface area (Å²) in [7, 11) is 0. The Hall–Kier alpha value is -1.67. The molecule has 1 aliphatic heterocycles. The quantitative estimate of drug-likeness (QED) is 0.446. The van der Waals surface area contributed by atoms with Gasteiger partial charge in [-0.15, -0.1) is 0 Å². The summed E-state index contributed by atoms with van der Waals surface area (Å²) in [6, 6.07) is 1.73. The van der Waals surface area contributed by atoms with E-state index in [2.05, 4.69) is 6.58 Å². The number of aliphatic hydroxyl groups is 4. The van der Waals surface area contributed by atoms with Gasteiger partial charge in [0.15, 0.2) is 0 Å². The Bertz CT molecular complexity index is 744. The van der Waals surface area contributed by atoms with Crippen molar-refractivity contribution in [1.82, 2.24) is 0 Å². The van der Waals surface area contributed by atoms with Gasteiger partial charge in [-0.25, -0.2) is 0 Å². The van der Waals surface area contributed by atoms with Crippen LogP contribution in [-0.4, -0.2) is 51.3 Å². The molecule has 3 aliphatic rings. The van der Waals surface area contributed by atoms with E-state index in [1.54, 1.807) is 13.0 Å². The molecule has 1 saturated heterocycles.